The molecular weight excluding hydrogens is 256 g/mol. The minimum atomic E-state index is -0.386. The first kappa shape index (κ1) is 15.3. The molecule has 0 aromatic carbocycles. The van der Waals surface area contributed by atoms with Crippen LogP contribution >= 0.6 is 0 Å². The number of nitrogens with one attached hydrogen (secondary N) is 1. The molecule has 1 heterocycles. The summed E-state index contributed by atoms with van der Waals surface area (Å²) < 4.78 is 0. The fourth-order valence-electron chi connectivity index (χ4n) is 3.21. The highest BCUT2D eigenvalue weighted by molar-refractivity contribution is 5.83. The van der Waals surface area contributed by atoms with E-state index in [1.807, 2.05) is 11.8 Å². The van der Waals surface area contributed by atoms with Crippen LogP contribution in [0.25, 0.3) is 0 Å². The van der Waals surface area contributed by atoms with E-state index in [1.54, 1.807) is 7.05 Å². The van der Waals surface area contributed by atoms with E-state index in [0.717, 1.165) is 32.4 Å². The van der Waals surface area contributed by atoms with Crippen molar-refractivity contribution in [2.75, 3.05) is 39.8 Å². The predicted molar refractivity (Wildman–Crippen MR) is 77.0 cm³/mol. The zero-order valence-corrected chi connectivity index (χ0v) is 12.5. The number of hydrogen-bond acceptors (Lipinski definition) is 4. The first-order chi connectivity index (χ1) is 9.47. The van der Waals surface area contributed by atoms with Gasteiger partial charge in [0.25, 0.3) is 0 Å². The molecular formula is C14H26N4O2. The number of likely N-dealkylation sites (N-methyl/N-ethyl adjacent to an activating group) is 1. The van der Waals surface area contributed by atoms with Crippen molar-refractivity contribution in [1.82, 2.24) is 15.1 Å². The number of carbonyl (C=O) groups is 2. The van der Waals surface area contributed by atoms with E-state index in [4.69, 9.17) is 5.73 Å². The maximum absolute atomic E-state index is 12.7. The largest absolute Gasteiger partial charge is 0.358 e. The van der Waals surface area contributed by atoms with Crippen LogP contribution in [0, 0.1) is 5.41 Å². The minimum absolute atomic E-state index is 0.0149. The average molecular weight is 282 g/mol. The van der Waals surface area contributed by atoms with Gasteiger partial charge < -0.3 is 16.0 Å². The summed E-state index contributed by atoms with van der Waals surface area (Å²) >= 11 is 0. The summed E-state index contributed by atoms with van der Waals surface area (Å²) in [4.78, 5) is 28.0. The molecule has 2 amide bonds. The number of rotatable bonds is 3. The molecule has 2 fully saturated rings. The van der Waals surface area contributed by atoms with Gasteiger partial charge in [0, 0.05) is 39.3 Å². The zero-order valence-electron chi connectivity index (χ0n) is 12.5. The van der Waals surface area contributed by atoms with Gasteiger partial charge in [0.05, 0.1) is 12.0 Å². The molecule has 0 radical (unpaired) electrons. The van der Waals surface area contributed by atoms with Crippen molar-refractivity contribution < 1.29 is 9.59 Å². The Labute approximate surface area is 120 Å². The fourth-order valence-corrected chi connectivity index (χ4v) is 3.21. The van der Waals surface area contributed by atoms with Gasteiger partial charge in [0.15, 0.2) is 0 Å². The van der Waals surface area contributed by atoms with E-state index in [2.05, 4.69) is 10.2 Å². The Morgan fingerprint density at radius 3 is 2.45 bits per heavy atom. The molecule has 114 valence electrons. The van der Waals surface area contributed by atoms with Gasteiger partial charge in [-0.05, 0) is 19.8 Å². The topological polar surface area (TPSA) is 78.7 Å². The van der Waals surface area contributed by atoms with E-state index < -0.39 is 0 Å². The van der Waals surface area contributed by atoms with Crippen LogP contribution in [0.1, 0.15) is 26.2 Å². The summed E-state index contributed by atoms with van der Waals surface area (Å²) in [5.74, 6) is 0.219. The van der Waals surface area contributed by atoms with Crippen LogP contribution in [0.4, 0.5) is 0 Å². The van der Waals surface area contributed by atoms with E-state index in [1.165, 1.54) is 0 Å². The molecule has 0 aromatic rings. The summed E-state index contributed by atoms with van der Waals surface area (Å²) in [6, 6.07) is -0.0149. The molecule has 6 heteroatoms. The number of nitrogens with zero attached hydrogens (tertiary/aromatic N) is 2. The molecule has 0 aromatic heterocycles. The molecule has 6 nitrogen and oxygen atoms in total. The van der Waals surface area contributed by atoms with Crippen LogP contribution in [0.15, 0.2) is 0 Å². The van der Waals surface area contributed by atoms with Gasteiger partial charge in [-0.2, -0.15) is 0 Å². The molecule has 1 aliphatic carbocycles. The molecule has 1 saturated carbocycles. The average Bonchev–Trinajstić information content (AvgIpc) is 2.80. The Morgan fingerprint density at radius 2 is 1.95 bits per heavy atom. The maximum Gasteiger partial charge on any atom is 0.233 e. The van der Waals surface area contributed by atoms with Crippen molar-refractivity contribution in [3.05, 3.63) is 0 Å². The second-order valence-electron chi connectivity index (χ2n) is 6.16. The number of piperazine rings is 1. The van der Waals surface area contributed by atoms with E-state index in [0.29, 0.717) is 19.6 Å². The van der Waals surface area contributed by atoms with Crippen molar-refractivity contribution >= 4 is 11.8 Å². The van der Waals surface area contributed by atoms with Crippen LogP contribution in [0.2, 0.25) is 0 Å². The standard InChI is InChI=1S/C14H26N4O2/c1-14(5-3-4-11(14)15)13(20)18-8-6-17(7-9-18)10-12(19)16-2/h11H,3-10,15H2,1-2H3,(H,16,19). The van der Waals surface area contributed by atoms with Gasteiger partial charge in [-0.3, -0.25) is 14.5 Å². The molecule has 2 rings (SSSR count). The highest BCUT2D eigenvalue weighted by atomic mass is 16.2. The molecule has 0 spiro atoms. The lowest BCUT2D eigenvalue weighted by Crippen LogP contribution is -2.56. The zero-order chi connectivity index (χ0) is 14.8. The van der Waals surface area contributed by atoms with Crippen LogP contribution in [-0.4, -0.2) is 67.4 Å². The normalized spacial score (nSPS) is 31.4. The van der Waals surface area contributed by atoms with Gasteiger partial charge in [-0.15, -0.1) is 0 Å². The van der Waals surface area contributed by atoms with Crippen LogP contribution in [-0.2, 0) is 9.59 Å². The number of amides is 2. The SMILES string of the molecule is CNC(=O)CN1CCN(C(=O)C2(C)CCCC2N)CC1. The summed E-state index contributed by atoms with van der Waals surface area (Å²) in [5, 5.41) is 2.63. The molecule has 2 unspecified atom stereocenters. The summed E-state index contributed by atoms with van der Waals surface area (Å²) in [5.41, 5.74) is 5.74. The lowest BCUT2D eigenvalue weighted by Gasteiger charge is -2.39. The maximum atomic E-state index is 12.7. The molecule has 3 N–H and O–H groups in total. The van der Waals surface area contributed by atoms with Crippen molar-refractivity contribution in [3.63, 3.8) is 0 Å². The summed E-state index contributed by atoms with van der Waals surface area (Å²) in [6.07, 6.45) is 2.88. The van der Waals surface area contributed by atoms with Gasteiger partial charge in [0.2, 0.25) is 11.8 Å². The first-order valence-electron chi connectivity index (χ1n) is 7.45. The molecule has 1 aliphatic heterocycles. The highest BCUT2D eigenvalue weighted by Crippen LogP contribution is 2.38. The van der Waals surface area contributed by atoms with E-state index in [9.17, 15) is 9.59 Å². The Morgan fingerprint density at radius 1 is 1.30 bits per heavy atom. The lowest BCUT2D eigenvalue weighted by molar-refractivity contribution is -0.143. The van der Waals surface area contributed by atoms with E-state index in [-0.39, 0.29) is 23.3 Å². The molecule has 0 bridgehead atoms. The van der Waals surface area contributed by atoms with Gasteiger partial charge >= 0.3 is 0 Å². The van der Waals surface area contributed by atoms with Gasteiger partial charge in [-0.1, -0.05) is 6.42 Å². The van der Waals surface area contributed by atoms with Crippen LogP contribution in [0.5, 0.6) is 0 Å². The smallest absolute Gasteiger partial charge is 0.233 e. The summed E-state index contributed by atoms with van der Waals surface area (Å²) in [7, 11) is 1.64. The Hall–Kier alpha value is -1.14. The van der Waals surface area contributed by atoms with Crippen molar-refractivity contribution in [3.8, 4) is 0 Å². The second-order valence-corrected chi connectivity index (χ2v) is 6.16. The van der Waals surface area contributed by atoms with Crippen molar-refractivity contribution in [1.29, 1.82) is 0 Å². The molecule has 2 aliphatic rings. The summed E-state index contributed by atoms with van der Waals surface area (Å²) in [6.45, 7) is 5.31. The first-order valence-corrected chi connectivity index (χ1v) is 7.45. The van der Waals surface area contributed by atoms with Gasteiger partial charge in [0.1, 0.15) is 0 Å². The number of nitrogens with two attached hydrogens (primary N) is 1. The van der Waals surface area contributed by atoms with Crippen molar-refractivity contribution in [2.45, 2.75) is 32.2 Å². The Kier molecular flexibility index (Phi) is 4.65. The molecule has 2 atom stereocenters. The molecule has 1 saturated heterocycles. The van der Waals surface area contributed by atoms with Crippen molar-refractivity contribution in [2.24, 2.45) is 11.1 Å². The van der Waals surface area contributed by atoms with Crippen LogP contribution < -0.4 is 11.1 Å². The number of carbonyl (C=O) groups excluding carboxylic acids is 2. The quantitative estimate of drug-likeness (QED) is 0.724. The van der Waals surface area contributed by atoms with E-state index >= 15 is 0 Å². The Bertz CT molecular complexity index is 379. The third-order valence-corrected chi connectivity index (χ3v) is 4.82. The molecule has 20 heavy (non-hydrogen) atoms. The second kappa shape index (κ2) is 6.10. The Balaban J connectivity index is 1.87. The fraction of sp³-hybridized carbons (Fsp3) is 0.857. The third kappa shape index (κ3) is 2.96. The number of hydrogen-bond donors (Lipinski definition) is 2. The predicted octanol–water partition coefficient (Wildman–Crippen LogP) is -0.606. The third-order valence-electron chi connectivity index (χ3n) is 4.82. The van der Waals surface area contributed by atoms with Crippen LogP contribution in [0.3, 0.4) is 0 Å². The monoisotopic (exact) mass is 282 g/mol. The minimum Gasteiger partial charge on any atom is -0.358 e. The lowest BCUT2D eigenvalue weighted by atomic mass is 9.83. The highest BCUT2D eigenvalue weighted by Gasteiger charge is 2.45. The van der Waals surface area contributed by atoms with Gasteiger partial charge in [-0.25, -0.2) is 0 Å².